The van der Waals surface area contributed by atoms with E-state index in [1.807, 2.05) is 0 Å². The number of aliphatic carboxylic acids is 1. The third kappa shape index (κ3) is 1.82. The van der Waals surface area contributed by atoms with Gasteiger partial charge in [0.1, 0.15) is 12.2 Å². The molecule has 0 bridgehead atoms. The maximum Gasteiger partial charge on any atom is 0.336 e. The van der Waals surface area contributed by atoms with Gasteiger partial charge in [-0.15, -0.1) is 0 Å². The lowest BCUT2D eigenvalue weighted by molar-refractivity contribution is -0.157. The van der Waals surface area contributed by atoms with Crippen molar-refractivity contribution in [2.75, 3.05) is 6.61 Å². The van der Waals surface area contributed by atoms with Crippen molar-refractivity contribution in [1.82, 2.24) is 0 Å². The molecule has 0 amide bonds. The molecule has 5 heteroatoms. The minimum Gasteiger partial charge on any atom is -0.479 e. The van der Waals surface area contributed by atoms with E-state index in [0.29, 0.717) is 0 Å². The molecule has 0 aromatic heterocycles. The Labute approximate surface area is 68.9 Å². The largest absolute Gasteiger partial charge is 0.479 e. The summed E-state index contributed by atoms with van der Waals surface area (Å²) in [5.41, 5.74) is 0. The summed E-state index contributed by atoms with van der Waals surface area (Å²) in [5.74, 6) is -1.13. The second kappa shape index (κ2) is 3.66. The molecule has 0 saturated heterocycles. The van der Waals surface area contributed by atoms with Crippen molar-refractivity contribution < 1.29 is 24.9 Å². The minimum absolute atomic E-state index is 0.394. The highest BCUT2D eigenvalue weighted by molar-refractivity contribution is 5.74. The highest BCUT2D eigenvalue weighted by atomic mass is 16.5. The van der Waals surface area contributed by atoms with Gasteiger partial charge in [0.2, 0.25) is 0 Å². The van der Waals surface area contributed by atoms with Crippen molar-refractivity contribution in [2.45, 2.75) is 18.3 Å². The van der Waals surface area contributed by atoms with Crippen LogP contribution in [0.25, 0.3) is 0 Å². The van der Waals surface area contributed by atoms with Gasteiger partial charge in [-0.2, -0.15) is 0 Å². The second-order valence-electron chi connectivity index (χ2n) is 2.49. The third-order valence-corrected chi connectivity index (χ3v) is 1.61. The Morgan fingerprint density at radius 1 is 1.50 bits per heavy atom. The molecule has 0 unspecified atom stereocenters. The molecular formula is C7H10O5. The van der Waals surface area contributed by atoms with E-state index in [0.717, 1.165) is 0 Å². The Morgan fingerprint density at radius 3 is 2.67 bits per heavy atom. The van der Waals surface area contributed by atoms with Crippen LogP contribution < -0.4 is 0 Å². The quantitative estimate of drug-likeness (QED) is 0.455. The Bertz CT molecular complexity index is 200. The number of hydrogen-bond donors (Lipinski definition) is 3. The predicted octanol–water partition coefficient (Wildman–Crippen LogP) is -1.25. The Balaban J connectivity index is 2.64. The first-order valence-electron chi connectivity index (χ1n) is 3.50. The van der Waals surface area contributed by atoms with Crippen LogP contribution in [0.5, 0.6) is 0 Å². The molecule has 0 saturated carbocycles. The van der Waals surface area contributed by atoms with E-state index >= 15 is 0 Å². The van der Waals surface area contributed by atoms with Gasteiger partial charge in [-0.25, -0.2) is 4.79 Å². The maximum absolute atomic E-state index is 10.4. The molecule has 5 nitrogen and oxygen atoms in total. The third-order valence-electron chi connectivity index (χ3n) is 1.61. The standard InChI is InChI=1S/C7H10O5/c8-3-6-4(9)1-2-5(12-6)7(10)11/h1-2,4-6,8-9H,3H2,(H,10,11)/t4-,5+,6+/m0/s1. The lowest BCUT2D eigenvalue weighted by Gasteiger charge is -2.25. The van der Waals surface area contributed by atoms with Crippen LogP contribution in [-0.4, -0.2) is 46.2 Å². The van der Waals surface area contributed by atoms with E-state index in [2.05, 4.69) is 0 Å². The highest BCUT2D eigenvalue weighted by Gasteiger charge is 2.28. The van der Waals surface area contributed by atoms with Crippen molar-refractivity contribution in [3.63, 3.8) is 0 Å². The van der Waals surface area contributed by atoms with Gasteiger partial charge in [-0.05, 0) is 6.08 Å². The molecule has 3 atom stereocenters. The Morgan fingerprint density at radius 2 is 2.17 bits per heavy atom. The molecule has 0 aromatic carbocycles. The molecule has 68 valence electrons. The average Bonchev–Trinajstić information content (AvgIpc) is 2.05. The van der Waals surface area contributed by atoms with E-state index in [1.54, 1.807) is 0 Å². The molecule has 0 spiro atoms. The number of hydrogen-bond acceptors (Lipinski definition) is 4. The number of rotatable bonds is 2. The monoisotopic (exact) mass is 174 g/mol. The van der Waals surface area contributed by atoms with Gasteiger partial charge in [0.25, 0.3) is 0 Å². The molecule has 0 aromatic rings. The minimum atomic E-state index is -1.13. The average molecular weight is 174 g/mol. The molecule has 1 rings (SSSR count). The summed E-state index contributed by atoms with van der Waals surface area (Å²) in [7, 11) is 0. The van der Waals surface area contributed by atoms with Crippen molar-refractivity contribution in [1.29, 1.82) is 0 Å². The van der Waals surface area contributed by atoms with Crippen LogP contribution in [0.2, 0.25) is 0 Å². The first-order valence-corrected chi connectivity index (χ1v) is 3.50. The van der Waals surface area contributed by atoms with Crippen molar-refractivity contribution in [3.05, 3.63) is 12.2 Å². The zero-order valence-electron chi connectivity index (χ0n) is 6.25. The summed E-state index contributed by atoms with van der Waals surface area (Å²) in [4.78, 5) is 10.4. The zero-order valence-corrected chi connectivity index (χ0v) is 6.25. The zero-order chi connectivity index (χ0) is 9.14. The Hall–Kier alpha value is -0.910. The summed E-state index contributed by atoms with van der Waals surface area (Å²) in [6.07, 6.45) is -0.269. The number of ether oxygens (including phenoxy) is 1. The molecule has 1 heterocycles. The molecule has 1 aliphatic heterocycles. The van der Waals surface area contributed by atoms with Crippen LogP contribution in [0.4, 0.5) is 0 Å². The molecule has 0 radical (unpaired) electrons. The van der Waals surface area contributed by atoms with E-state index in [4.69, 9.17) is 20.1 Å². The maximum atomic E-state index is 10.4. The number of aliphatic hydroxyl groups excluding tert-OH is 2. The summed E-state index contributed by atoms with van der Waals surface area (Å²) in [6, 6.07) is 0. The van der Waals surface area contributed by atoms with E-state index in [-0.39, 0.29) is 0 Å². The first-order chi connectivity index (χ1) is 5.65. The van der Waals surface area contributed by atoms with Crippen LogP contribution in [0.3, 0.4) is 0 Å². The highest BCUT2D eigenvalue weighted by Crippen LogP contribution is 2.12. The number of carboxylic acid groups (broad SMARTS) is 1. The molecule has 3 N–H and O–H groups in total. The molecule has 12 heavy (non-hydrogen) atoms. The second-order valence-corrected chi connectivity index (χ2v) is 2.49. The molecule has 0 aliphatic carbocycles. The van der Waals surface area contributed by atoms with Gasteiger partial charge in [-0.1, -0.05) is 6.08 Å². The van der Waals surface area contributed by atoms with E-state index < -0.39 is 30.9 Å². The summed E-state index contributed by atoms with van der Waals surface area (Å²) in [6.45, 7) is -0.394. The van der Waals surface area contributed by atoms with Crippen LogP contribution in [-0.2, 0) is 9.53 Å². The van der Waals surface area contributed by atoms with E-state index in [9.17, 15) is 4.79 Å². The fourth-order valence-electron chi connectivity index (χ4n) is 0.944. The SMILES string of the molecule is O=C(O)[C@H]1C=C[C@H](O)[C@@H](CO)O1. The van der Waals surface area contributed by atoms with Gasteiger partial charge < -0.3 is 20.1 Å². The molecule has 1 aliphatic rings. The predicted molar refractivity (Wildman–Crippen MR) is 38.5 cm³/mol. The molecular weight excluding hydrogens is 164 g/mol. The first kappa shape index (κ1) is 9.18. The fourth-order valence-corrected chi connectivity index (χ4v) is 0.944. The Kier molecular flexibility index (Phi) is 2.80. The van der Waals surface area contributed by atoms with Crippen LogP contribution in [0.15, 0.2) is 12.2 Å². The van der Waals surface area contributed by atoms with Gasteiger partial charge in [0, 0.05) is 0 Å². The van der Waals surface area contributed by atoms with Crippen LogP contribution in [0.1, 0.15) is 0 Å². The van der Waals surface area contributed by atoms with Gasteiger partial charge in [0.15, 0.2) is 6.10 Å². The van der Waals surface area contributed by atoms with E-state index in [1.165, 1.54) is 12.2 Å². The van der Waals surface area contributed by atoms with Crippen molar-refractivity contribution in [3.8, 4) is 0 Å². The number of carboxylic acids is 1. The van der Waals surface area contributed by atoms with Gasteiger partial charge >= 0.3 is 5.97 Å². The van der Waals surface area contributed by atoms with Crippen molar-refractivity contribution in [2.24, 2.45) is 0 Å². The van der Waals surface area contributed by atoms with Crippen LogP contribution >= 0.6 is 0 Å². The van der Waals surface area contributed by atoms with Crippen molar-refractivity contribution >= 4 is 5.97 Å². The topological polar surface area (TPSA) is 87.0 Å². The molecule has 0 fully saturated rings. The van der Waals surface area contributed by atoms with Crippen LogP contribution in [0, 0.1) is 0 Å². The van der Waals surface area contributed by atoms with Gasteiger partial charge in [0.05, 0.1) is 6.61 Å². The summed E-state index contributed by atoms with van der Waals surface area (Å²) in [5, 5.41) is 26.3. The normalized spacial score (nSPS) is 35.0. The van der Waals surface area contributed by atoms with Gasteiger partial charge in [-0.3, -0.25) is 0 Å². The lowest BCUT2D eigenvalue weighted by atomic mass is 10.1. The number of aliphatic hydroxyl groups is 2. The number of carbonyl (C=O) groups is 1. The summed E-state index contributed by atoms with van der Waals surface area (Å²) < 4.78 is 4.82. The smallest absolute Gasteiger partial charge is 0.336 e. The fraction of sp³-hybridized carbons (Fsp3) is 0.571. The summed E-state index contributed by atoms with van der Waals surface area (Å²) >= 11 is 0. The lowest BCUT2D eigenvalue weighted by Crippen LogP contribution is -2.40.